The van der Waals surface area contributed by atoms with Crippen LogP contribution in [0, 0.1) is 0 Å². The molecule has 224 valence electrons. The van der Waals surface area contributed by atoms with E-state index >= 15 is 0 Å². The van der Waals surface area contributed by atoms with E-state index in [1.807, 2.05) is 0 Å². The van der Waals surface area contributed by atoms with Crippen molar-refractivity contribution < 1.29 is 9.47 Å². The summed E-state index contributed by atoms with van der Waals surface area (Å²) in [5.41, 5.74) is 2.11. The van der Waals surface area contributed by atoms with Gasteiger partial charge in [-0.05, 0) is 79.0 Å². The molecule has 1 unspecified atom stereocenters. The minimum atomic E-state index is -2.61. The summed E-state index contributed by atoms with van der Waals surface area (Å²) < 4.78 is 14.0. The van der Waals surface area contributed by atoms with Crippen LogP contribution in [0.25, 0.3) is 65.0 Å². The molecule has 0 aliphatic carbocycles. The summed E-state index contributed by atoms with van der Waals surface area (Å²) in [4.78, 5) is 0. The second-order valence-electron chi connectivity index (χ2n) is 12.7. The van der Waals surface area contributed by atoms with Gasteiger partial charge in [0.05, 0.1) is 11.3 Å². The second-order valence-corrected chi connectivity index (χ2v) is 17.0. The molecule has 48 heavy (non-hydrogen) atoms. The van der Waals surface area contributed by atoms with Gasteiger partial charge >= 0.3 is 0 Å². The molecular formula is C44H25O2PS. The Morgan fingerprint density at radius 1 is 0.396 bits per heavy atom. The van der Waals surface area contributed by atoms with Gasteiger partial charge in [0.1, 0.15) is 23.0 Å². The number of ether oxygens (including phenoxy) is 2. The third kappa shape index (κ3) is 3.40. The fourth-order valence-electron chi connectivity index (χ4n) is 8.10. The Bertz CT molecular complexity index is 2890. The van der Waals surface area contributed by atoms with Crippen molar-refractivity contribution in [3.8, 4) is 34.1 Å². The normalized spacial score (nSPS) is 16.0. The highest BCUT2D eigenvalue weighted by molar-refractivity contribution is 8.26. The molecule has 0 fully saturated rings. The van der Waals surface area contributed by atoms with Gasteiger partial charge in [-0.1, -0.05) is 133 Å². The highest BCUT2D eigenvalue weighted by Gasteiger charge is 2.44. The standard InChI is InChI=1S/C44H25O2PS/c48-47-39-23-18-26-9-1-3-11-29(26)41(39)45-38-22-21-31(43(44(38)47)46-42-30-12-4-2-10-27(30)19-24-40(42)47)28-17-20-36-34-15-6-5-13-32(34)33-14-7-8-16-35(33)37(36)25-28/h1-25H. The summed E-state index contributed by atoms with van der Waals surface area (Å²) in [7, 11) is 0. The molecule has 11 rings (SSSR count). The maximum Gasteiger partial charge on any atom is 0.148 e. The molecule has 4 heteroatoms. The van der Waals surface area contributed by atoms with Gasteiger partial charge in [0.15, 0.2) is 0 Å². The van der Waals surface area contributed by atoms with Crippen LogP contribution < -0.4 is 25.4 Å². The van der Waals surface area contributed by atoms with Gasteiger partial charge in [0, 0.05) is 26.9 Å². The van der Waals surface area contributed by atoms with E-state index in [9.17, 15) is 0 Å². The number of hydrogen-bond acceptors (Lipinski definition) is 3. The molecule has 0 saturated heterocycles. The summed E-state index contributed by atoms with van der Waals surface area (Å²) in [5.74, 6) is 3.33. The summed E-state index contributed by atoms with van der Waals surface area (Å²) in [5, 5.41) is 15.1. The molecule has 2 heterocycles. The van der Waals surface area contributed by atoms with E-state index < -0.39 is 6.04 Å². The number of fused-ring (bicyclic) bond motifs is 14. The molecule has 0 aromatic heterocycles. The van der Waals surface area contributed by atoms with Gasteiger partial charge in [-0.25, -0.2) is 0 Å². The molecule has 0 amide bonds. The van der Waals surface area contributed by atoms with Gasteiger partial charge in [-0.3, -0.25) is 0 Å². The van der Waals surface area contributed by atoms with Crippen molar-refractivity contribution in [1.29, 1.82) is 0 Å². The molecule has 0 bridgehead atoms. The zero-order chi connectivity index (χ0) is 31.6. The van der Waals surface area contributed by atoms with E-state index in [1.165, 1.54) is 32.3 Å². The Labute approximate surface area is 281 Å². The van der Waals surface area contributed by atoms with E-state index in [0.717, 1.165) is 71.6 Å². The average Bonchev–Trinajstić information content (AvgIpc) is 3.15. The van der Waals surface area contributed by atoms with E-state index in [4.69, 9.17) is 21.3 Å². The van der Waals surface area contributed by atoms with Crippen LogP contribution in [0.4, 0.5) is 0 Å². The molecule has 2 aliphatic rings. The topological polar surface area (TPSA) is 18.5 Å². The molecule has 0 radical (unpaired) electrons. The van der Waals surface area contributed by atoms with Gasteiger partial charge in [0.2, 0.25) is 0 Å². The van der Waals surface area contributed by atoms with Crippen molar-refractivity contribution in [1.82, 2.24) is 0 Å². The first kappa shape index (κ1) is 26.6. The van der Waals surface area contributed by atoms with Crippen LogP contribution in [0.5, 0.6) is 23.0 Å². The van der Waals surface area contributed by atoms with E-state index in [1.54, 1.807) is 0 Å². The number of rotatable bonds is 1. The van der Waals surface area contributed by atoms with Gasteiger partial charge in [-0.15, -0.1) is 0 Å². The minimum absolute atomic E-state index is 0.789. The third-order valence-corrected chi connectivity index (χ3v) is 15.1. The number of hydrogen-bond donors (Lipinski definition) is 0. The van der Waals surface area contributed by atoms with Crippen LogP contribution in [0.2, 0.25) is 0 Å². The molecule has 0 N–H and O–H groups in total. The van der Waals surface area contributed by atoms with E-state index in [-0.39, 0.29) is 0 Å². The summed E-state index contributed by atoms with van der Waals surface area (Å²) in [6, 6.07) is 51.6. The minimum Gasteiger partial charge on any atom is -0.455 e. The predicted molar refractivity (Wildman–Crippen MR) is 206 cm³/mol. The van der Waals surface area contributed by atoms with Crippen molar-refractivity contribution in [2.45, 2.75) is 0 Å². The molecule has 2 nitrogen and oxygen atoms in total. The SMILES string of the molecule is S=P12c3ccc4ccccc4c3Oc3ccc(-c4ccc5c6ccccc6c6ccccc6c5c4)c(c31)Oc1c2ccc2ccccc12. The smallest absolute Gasteiger partial charge is 0.148 e. The zero-order valence-electron chi connectivity index (χ0n) is 25.6. The van der Waals surface area contributed by atoms with Crippen molar-refractivity contribution in [3.63, 3.8) is 0 Å². The van der Waals surface area contributed by atoms with Crippen LogP contribution in [0.1, 0.15) is 0 Å². The Morgan fingerprint density at radius 2 is 0.896 bits per heavy atom. The third-order valence-electron chi connectivity index (χ3n) is 10.3. The highest BCUT2D eigenvalue weighted by atomic mass is 32.4. The molecule has 9 aromatic rings. The summed E-state index contributed by atoms with van der Waals surface area (Å²) >= 11 is 7.04. The maximum absolute atomic E-state index is 7.14. The van der Waals surface area contributed by atoms with Crippen molar-refractivity contribution >= 4 is 87.6 Å². The van der Waals surface area contributed by atoms with E-state index in [0.29, 0.717) is 0 Å². The molecule has 2 aliphatic heterocycles. The lowest BCUT2D eigenvalue weighted by molar-refractivity contribution is 0.473. The molecule has 0 spiro atoms. The van der Waals surface area contributed by atoms with Gasteiger partial charge < -0.3 is 9.47 Å². The Hall–Kier alpha value is -5.47. The molecule has 9 aromatic carbocycles. The Kier molecular flexibility index (Phi) is 5.29. The first-order valence-electron chi connectivity index (χ1n) is 16.2. The van der Waals surface area contributed by atoms with Crippen LogP contribution >= 0.6 is 6.04 Å². The second kappa shape index (κ2) is 9.55. The maximum atomic E-state index is 7.14. The van der Waals surface area contributed by atoms with Crippen molar-refractivity contribution in [3.05, 3.63) is 152 Å². The van der Waals surface area contributed by atoms with Gasteiger partial charge in [0.25, 0.3) is 0 Å². The molecular weight excluding hydrogens is 624 g/mol. The fraction of sp³-hybridized carbons (Fsp3) is 0. The average molecular weight is 649 g/mol. The highest BCUT2D eigenvalue weighted by Crippen LogP contribution is 2.61. The Balaban J connectivity index is 1.24. The van der Waals surface area contributed by atoms with Crippen LogP contribution in [0.3, 0.4) is 0 Å². The van der Waals surface area contributed by atoms with Crippen LogP contribution in [-0.2, 0) is 11.8 Å². The number of benzene rings is 9. The van der Waals surface area contributed by atoms with Crippen LogP contribution in [0.15, 0.2) is 152 Å². The van der Waals surface area contributed by atoms with E-state index in [2.05, 4.69) is 152 Å². The first-order chi connectivity index (χ1) is 23.7. The largest absolute Gasteiger partial charge is 0.455 e. The lowest BCUT2D eigenvalue weighted by Gasteiger charge is -2.39. The van der Waals surface area contributed by atoms with Gasteiger partial charge in [-0.2, -0.15) is 0 Å². The molecule has 1 atom stereocenters. The molecule has 0 saturated carbocycles. The predicted octanol–water partition coefficient (Wildman–Crippen LogP) is 11.1. The summed E-state index contributed by atoms with van der Waals surface area (Å²) in [6.07, 6.45) is 0. The Morgan fingerprint density at radius 3 is 1.50 bits per heavy atom. The zero-order valence-corrected chi connectivity index (χ0v) is 27.3. The lowest BCUT2D eigenvalue weighted by Crippen LogP contribution is -2.35. The first-order valence-corrected chi connectivity index (χ1v) is 19.0. The quantitative estimate of drug-likeness (QED) is 0.130. The van der Waals surface area contributed by atoms with Crippen LogP contribution in [-0.4, -0.2) is 0 Å². The summed E-state index contributed by atoms with van der Waals surface area (Å²) in [6.45, 7) is 0. The lowest BCUT2D eigenvalue weighted by atomic mass is 9.92. The fourth-order valence-corrected chi connectivity index (χ4v) is 12.6. The van der Waals surface area contributed by atoms with Crippen molar-refractivity contribution in [2.75, 3.05) is 0 Å². The monoisotopic (exact) mass is 648 g/mol. The van der Waals surface area contributed by atoms with Crippen molar-refractivity contribution in [2.24, 2.45) is 0 Å².